The fourth-order valence-corrected chi connectivity index (χ4v) is 4.73. The van der Waals surface area contributed by atoms with E-state index in [4.69, 9.17) is 0 Å². The Labute approximate surface area is 187 Å². The van der Waals surface area contributed by atoms with Crippen molar-refractivity contribution in [3.63, 3.8) is 0 Å². The first-order valence-corrected chi connectivity index (χ1v) is 11.0. The molecule has 4 nitrogen and oxygen atoms in total. The van der Waals surface area contributed by atoms with Gasteiger partial charge in [-0.25, -0.2) is 15.0 Å². The van der Waals surface area contributed by atoms with E-state index in [-0.39, 0.29) is 0 Å². The standard InChI is InChI=1S/C24H19F3N4S/c25-24(26,27)19-8-6-16(7-9-19)22-28-12-18-14-31(11-10-21(18)30-22)15-20-13-29-23(32-20)17-4-2-1-3-5-17/h1-9,12-13H,10-11,14-15H2. The van der Waals surface area contributed by atoms with Crippen LogP contribution < -0.4 is 0 Å². The van der Waals surface area contributed by atoms with Crippen molar-refractivity contribution in [2.24, 2.45) is 0 Å². The number of aromatic nitrogens is 3. The number of fused-ring (bicyclic) bond motifs is 1. The second kappa shape index (κ2) is 8.44. The lowest BCUT2D eigenvalue weighted by Crippen LogP contribution is -2.30. The van der Waals surface area contributed by atoms with Crippen LogP contribution in [0.2, 0.25) is 0 Å². The number of nitrogens with zero attached hydrogens (tertiary/aromatic N) is 4. The van der Waals surface area contributed by atoms with Crippen molar-refractivity contribution >= 4 is 11.3 Å². The molecule has 0 unspecified atom stereocenters. The summed E-state index contributed by atoms with van der Waals surface area (Å²) in [5, 5.41) is 1.02. The van der Waals surface area contributed by atoms with Crippen LogP contribution in [-0.2, 0) is 25.7 Å². The zero-order chi connectivity index (χ0) is 22.1. The average Bonchev–Trinajstić information content (AvgIpc) is 3.27. The minimum Gasteiger partial charge on any atom is -0.293 e. The molecule has 0 saturated heterocycles. The lowest BCUT2D eigenvalue weighted by molar-refractivity contribution is -0.137. The van der Waals surface area contributed by atoms with E-state index in [0.29, 0.717) is 11.4 Å². The molecule has 0 bridgehead atoms. The van der Waals surface area contributed by atoms with Gasteiger partial charge in [0.2, 0.25) is 0 Å². The van der Waals surface area contributed by atoms with Gasteiger partial charge in [0.1, 0.15) is 5.01 Å². The highest BCUT2D eigenvalue weighted by Gasteiger charge is 2.30. The van der Waals surface area contributed by atoms with Gasteiger partial charge in [-0.05, 0) is 12.1 Å². The first-order chi connectivity index (χ1) is 15.5. The number of hydrogen-bond donors (Lipinski definition) is 0. The summed E-state index contributed by atoms with van der Waals surface area (Å²) in [5.74, 6) is 0.459. The summed E-state index contributed by atoms with van der Waals surface area (Å²) in [5.41, 5.74) is 3.05. The van der Waals surface area contributed by atoms with Gasteiger partial charge in [0.15, 0.2) is 5.82 Å². The van der Waals surface area contributed by atoms with Crippen LogP contribution in [0.25, 0.3) is 22.0 Å². The van der Waals surface area contributed by atoms with Crippen LogP contribution in [0.5, 0.6) is 0 Å². The third-order valence-corrected chi connectivity index (χ3v) is 6.47. The van der Waals surface area contributed by atoms with Crippen LogP contribution in [0.15, 0.2) is 67.0 Å². The van der Waals surface area contributed by atoms with Gasteiger partial charge in [0.05, 0.1) is 11.3 Å². The monoisotopic (exact) mass is 452 g/mol. The Morgan fingerprint density at radius 2 is 1.69 bits per heavy atom. The van der Waals surface area contributed by atoms with E-state index in [1.54, 1.807) is 17.5 Å². The minimum atomic E-state index is -4.35. The molecule has 1 aliphatic heterocycles. The first kappa shape index (κ1) is 20.8. The maximum absolute atomic E-state index is 12.8. The van der Waals surface area contributed by atoms with Crippen molar-refractivity contribution in [3.05, 3.63) is 88.7 Å². The molecule has 2 aromatic heterocycles. The predicted molar refractivity (Wildman–Crippen MR) is 118 cm³/mol. The summed E-state index contributed by atoms with van der Waals surface area (Å²) in [6.07, 6.45) is 0.158. The molecular weight excluding hydrogens is 433 g/mol. The highest BCUT2D eigenvalue weighted by molar-refractivity contribution is 7.15. The molecule has 32 heavy (non-hydrogen) atoms. The highest BCUT2D eigenvalue weighted by atomic mass is 32.1. The third kappa shape index (κ3) is 4.42. The van der Waals surface area contributed by atoms with E-state index < -0.39 is 11.7 Å². The number of thiazole rings is 1. The Kier molecular flexibility index (Phi) is 5.48. The molecule has 2 aromatic carbocycles. The molecule has 0 N–H and O–H groups in total. The molecule has 0 atom stereocenters. The smallest absolute Gasteiger partial charge is 0.293 e. The van der Waals surface area contributed by atoms with Gasteiger partial charge in [-0.15, -0.1) is 11.3 Å². The van der Waals surface area contributed by atoms with Gasteiger partial charge in [-0.1, -0.05) is 42.5 Å². The SMILES string of the molecule is FC(F)(F)c1ccc(-c2ncc3c(n2)CCN(Cc2cnc(-c4ccccc4)s2)C3)cc1. The van der Waals surface area contributed by atoms with E-state index in [1.807, 2.05) is 24.4 Å². The number of benzene rings is 2. The predicted octanol–water partition coefficient (Wildman–Crippen LogP) is 5.84. The Morgan fingerprint density at radius 1 is 0.906 bits per heavy atom. The normalized spacial score (nSPS) is 14.3. The minimum absolute atomic E-state index is 0.459. The van der Waals surface area contributed by atoms with Gasteiger partial charge in [0.25, 0.3) is 0 Å². The molecular formula is C24H19F3N4S. The first-order valence-electron chi connectivity index (χ1n) is 10.2. The second-order valence-electron chi connectivity index (χ2n) is 7.70. The fourth-order valence-electron chi connectivity index (χ4n) is 3.77. The fraction of sp³-hybridized carbons (Fsp3) is 0.208. The summed E-state index contributed by atoms with van der Waals surface area (Å²) >= 11 is 1.70. The highest BCUT2D eigenvalue weighted by Crippen LogP contribution is 2.31. The van der Waals surface area contributed by atoms with Crippen LogP contribution in [0, 0.1) is 0 Å². The van der Waals surface area contributed by atoms with Crippen molar-refractivity contribution in [1.82, 2.24) is 19.9 Å². The van der Waals surface area contributed by atoms with Crippen molar-refractivity contribution in [2.75, 3.05) is 6.54 Å². The topological polar surface area (TPSA) is 41.9 Å². The second-order valence-corrected chi connectivity index (χ2v) is 8.81. The molecule has 1 aliphatic rings. The molecule has 8 heteroatoms. The molecule has 0 spiro atoms. The summed E-state index contributed by atoms with van der Waals surface area (Å²) in [6.45, 7) is 2.40. The number of halogens is 3. The summed E-state index contributed by atoms with van der Waals surface area (Å²) < 4.78 is 38.4. The Hall–Kier alpha value is -3.10. The lowest BCUT2D eigenvalue weighted by Gasteiger charge is -2.27. The van der Waals surface area contributed by atoms with E-state index in [0.717, 1.165) is 60.0 Å². The zero-order valence-electron chi connectivity index (χ0n) is 17.0. The van der Waals surface area contributed by atoms with Crippen molar-refractivity contribution in [3.8, 4) is 22.0 Å². The maximum atomic E-state index is 12.8. The van der Waals surface area contributed by atoms with Gasteiger partial charge >= 0.3 is 6.18 Å². The van der Waals surface area contributed by atoms with Gasteiger partial charge in [-0.3, -0.25) is 4.90 Å². The zero-order valence-corrected chi connectivity index (χ0v) is 17.8. The van der Waals surface area contributed by atoms with Crippen LogP contribution in [0.1, 0.15) is 21.7 Å². The average molecular weight is 453 g/mol. The maximum Gasteiger partial charge on any atom is 0.416 e. The van der Waals surface area contributed by atoms with Crippen molar-refractivity contribution in [1.29, 1.82) is 0 Å². The molecule has 0 amide bonds. The third-order valence-electron chi connectivity index (χ3n) is 5.44. The Bertz CT molecular complexity index is 1220. The lowest BCUT2D eigenvalue weighted by atomic mass is 10.1. The molecule has 3 heterocycles. The van der Waals surface area contributed by atoms with Crippen LogP contribution >= 0.6 is 11.3 Å². The Morgan fingerprint density at radius 3 is 2.44 bits per heavy atom. The van der Waals surface area contributed by atoms with E-state index in [2.05, 4.69) is 32.0 Å². The Balaban J connectivity index is 1.27. The molecule has 0 saturated carbocycles. The van der Waals surface area contributed by atoms with Gasteiger partial charge in [-0.2, -0.15) is 13.2 Å². The molecule has 0 fully saturated rings. The van der Waals surface area contributed by atoms with Crippen LogP contribution in [-0.4, -0.2) is 26.4 Å². The number of rotatable bonds is 4. The molecule has 0 aliphatic carbocycles. The number of hydrogen-bond acceptors (Lipinski definition) is 5. The van der Waals surface area contributed by atoms with Crippen LogP contribution in [0.3, 0.4) is 0 Å². The van der Waals surface area contributed by atoms with Crippen LogP contribution in [0.4, 0.5) is 13.2 Å². The largest absolute Gasteiger partial charge is 0.416 e. The summed E-state index contributed by atoms with van der Waals surface area (Å²) in [7, 11) is 0. The van der Waals surface area contributed by atoms with E-state index in [1.165, 1.54) is 17.0 Å². The summed E-state index contributed by atoms with van der Waals surface area (Å²) in [6, 6.07) is 15.1. The van der Waals surface area contributed by atoms with Crippen molar-refractivity contribution in [2.45, 2.75) is 25.7 Å². The molecule has 0 radical (unpaired) electrons. The number of alkyl halides is 3. The van der Waals surface area contributed by atoms with Gasteiger partial charge in [0, 0.05) is 60.0 Å². The molecule has 162 valence electrons. The van der Waals surface area contributed by atoms with Crippen molar-refractivity contribution < 1.29 is 13.2 Å². The van der Waals surface area contributed by atoms with E-state index in [9.17, 15) is 13.2 Å². The molecule has 5 rings (SSSR count). The quantitative estimate of drug-likeness (QED) is 0.390. The summed E-state index contributed by atoms with van der Waals surface area (Å²) in [4.78, 5) is 17.1. The molecule has 4 aromatic rings. The van der Waals surface area contributed by atoms with E-state index >= 15 is 0 Å². The van der Waals surface area contributed by atoms with Gasteiger partial charge < -0.3 is 0 Å².